The molecule has 4 N–H and O–H groups in total. The lowest BCUT2D eigenvalue weighted by Gasteiger charge is -2.16. The lowest BCUT2D eigenvalue weighted by atomic mass is 10.0. The Morgan fingerprint density at radius 3 is 2.33 bits per heavy atom. The summed E-state index contributed by atoms with van der Waals surface area (Å²) < 4.78 is 26.5. The van der Waals surface area contributed by atoms with Crippen LogP contribution in [-0.4, -0.2) is 49.7 Å². The standard InChI is InChI=1S/C30H30N4O5S/c1-36-25-10-9-17(21-16-32-40-29(21)19-13-26(37-2)28(39-4)27(14-19)38-3)12-24(25)34-30(35)22(31)15-20-11-18-7-5-6-8-23(18)33-20/h5-14,16,22,33H,15,31H2,1-4H3,(H,34,35). The lowest BCUT2D eigenvalue weighted by Crippen LogP contribution is -2.37. The number of nitrogens with zero attached hydrogens (tertiary/aromatic N) is 1. The molecule has 0 saturated carbocycles. The van der Waals surface area contributed by atoms with Crippen molar-refractivity contribution in [2.75, 3.05) is 33.8 Å². The number of hydrogen-bond donors (Lipinski definition) is 3. The van der Waals surface area contributed by atoms with Crippen LogP contribution in [0.3, 0.4) is 0 Å². The van der Waals surface area contributed by atoms with E-state index in [0.29, 0.717) is 35.1 Å². The average molecular weight is 559 g/mol. The van der Waals surface area contributed by atoms with Crippen molar-refractivity contribution in [2.45, 2.75) is 12.5 Å². The molecule has 9 nitrogen and oxygen atoms in total. The number of benzene rings is 3. The quantitative estimate of drug-likeness (QED) is 0.207. The molecule has 2 heterocycles. The van der Waals surface area contributed by atoms with Gasteiger partial charge in [0.2, 0.25) is 11.7 Å². The Morgan fingerprint density at radius 1 is 0.925 bits per heavy atom. The summed E-state index contributed by atoms with van der Waals surface area (Å²) in [5.41, 5.74) is 11.3. The van der Waals surface area contributed by atoms with E-state index in [2.05, 4.69) is 14.7 Å². The molecule has 10 heteroatoms. The third-order valence-corrected chi connectivity index (χ3v) is 7.48. The molecule has 0 saturated heterocycles. The summed E-state index contributed by atoms with van der Waals surface area (Å²) in [7, 11) is 6.28. The van der Waals surface area contributed by atoms with Crippen molar-refractivity contribution >= 4 is 34.0 Å². The molecular formula is C30H30N4O5S. The van der Waals surface area contributed by atoms with Crippen LogP contribution in [0.25, 0.3) is 32.5 Å². The molecule has 0 aliphatic rings. The molecule has 0 fully saturated rings. The second-order valence-corrected chi connectivity index (χ2v) is 9.88. The topological polar surface area (TPSA) is 121 Å². The van der Waals surface area contributed by atoms with E-state index in [-0.39, 0.29) is 5.91 Å². The number of nitrogens with one attached hydrogen (secondary N) is 2. The Bertz CT molecular complexity index is 1600. The zero-order valence-corrected chi connectivity index (χ0v) is 23.4. The van der Waals surface area contributed by atoms with Gasteiger partial charge in [-0.05, 0) is 58.9 Å². The van der Waals surface area contributed by atoms with Crippen LogP contribution >= 0.6 is 11.5 Å². The van der Waals surface area contributed by atoms with Crippen LogP contribution in [0.2, 0.25) is 0 Å². The molecule has 1 unspecified atom stereocenters. The zero-order chi connectivity index (χ0) is 28.2. The fourth-order valence-electron chi connectivity index (χ4n) is 4.64. The molecule has 1 atom stereocenters. The van der Waals surface area contributed by atoms with Crippen LogP contribution < -0.4 is 30.0 Å². The van der Waals surface area contributed by atoms with Crippen LogP contribution in [0, 0.1) is 0 Å². The summed E-state index contributed by atoms with van der Waals surface area (Å²) in [6.45, 7) is 0. The fraction of sp³-hybridized carbons (Fsp3) is 0.200. The Morgan fingerprint density at radius 2 is 1.65 bits per heavy atom. The normalized spacial score (nSPS) is 11.7. The summed E-state index contributed by atoms with van der Waals surface area (Å²) in [4.78, 5) is 17.4. The SMILES string of the molecule is COc1ccc(-c2cnsc2-c2cc(OC)c(OC)c(OC)c2)cc1NC(=O)C(N)Cc1cc2ccccc2[nH]1. The van der Waals surface area contributed by atoms with Crippen molar-refractivity contribution < 1.29 is 23.7 Å². The van der Waals surface area contributed by atoms with Gasteiger partial charge < -0.3 is 35.0 Å². The number of amides is 1. The van der Waals surface area contributed by atoms with E-state index in [4.69, 9.17) is 24.7 Å². The molecule has 206 valence electrons. The van der Waals surface area contributed by atoms with E-state index in [1.54, 1.807) is 34.6 Å². The molecule has 0 spiro atoms. The number of aromatic nitrogens is 2. The number of hydrogen-bond acceptors (Lipinski definition) is 8. The third kappa shape index (κ3) is 5.31. The average Bonchev–Trinajstić information content (AvgIpc) is 3.63. The molecule has 2 aromatic heterocycles. The van der Waals surface area contributed by atoms with Gasteiger partial charge in [-0.1, -0.05) is 24.3 Å². The Kier molecular flexibility index (Phi) is 7.90. The Hall–Kier alpha value is -4.54. The van der Waals surface area contributed by atoms with Crippen LogP contribution in [0.15, 0.2) is 66.9 Å². The maximum absolute atomic E-state index is 13.1. The third-order valence-electron chi connectivity index (χ3n) is 6.63. The molecule has 0 aliphatic heterocycles. The number of nitrogens with two attached hydrogens (primary N) is 1. The van der Waals surface area contributed by atoms with Crippen molar-refractivity contribution in [1.82, 2.24) is 9.36 Å². The number of rotatable bonds is 10. The molecule has 5 rings (SSSR count). The van der Waals surface area contributed by atoms with E-state index >= 15 is 0 Å². The minimum atomic E-state index is -0.765. The maximum Gasteiger partial charge on any atom is 0.241 e. The van der Waals surface area contributed by atoms with Gasteiger partial charge in [0.15, 0.2) is 11.5 Å². The number of H-pyrrole nitrogens is 1. The van der Waals surface area contributed by atoms with Crippen LogP contribution in [0.1, 0.15) is 5.69 Å². The first kappa shape index (κ1) is 27.0. The second-order valence-electron chi connectivity index (χ2n) is 9.08. The summed E-state index contributed by atoms with van der Waals surface area (Å²) >= 11 is 1.34. The lowest BCUT2D eigenvalue weighted by molar-refractivity contribution is -0.117. The first-order valence-electron chi connectivity index (χ1n) is 12.5. The Labute approximate surface area is 236 Å². The van der Waals surface area contributed by atoms with Gasteiger partial charge in [0, 0.05) is 35.0 Å². The van der Waals surface area contributed by atoms with Gasteiger partial charge in [-0.3, -0.25) is 4.79 Å². The molecular weight excluding hydrogens is 528 g/mol. The first-order chi connectivity index (χ1) is 19.4. The van der Waals surface area contributed by atoms with Crippen molar-refractivity contribution in [3.8, 4) is 44.6 Å². The van der Waals surface area contributed by atoms with E-state index < -0.39 is 6.04 Å². The number of carbonyl (C=O) groups is 1. The Balaban J connectivity index is 1.42. The van der Waals surface area contributed by atoms with Gasteiger partial charge in [0.05, 0.1) is 45.0 Å². The minimum absolute atomic E-state index is 0.317. The predicted octanol–water partition coefficient (Wildman–Crippen LogP) is 5.50. The molecule has 1 amide bonds. The van der Waals surface area contributed by atoms with Gasteiger partial charge in [-0.2, -0.15) is 4.37 Å². The van der Waals surface area contributed by atoms with Crippen LogP contribution in [0.4, 0.5) is 5.69 Å². The molecule has 5 aromatic rings. The molecule has 0 radical (unpaired) electrons. The van der Waals surface area contributed by atoms with Gasteiger partial charge in [0.1, 0.15) is 5.75 Å². The molecule has 3 aromatic carbocycles. The number of methoxy groups -OCH3 is 4. The van der Waals surface area contributed by atoms with Crippen molar-refractivity contribution in [3.05, 3.63) is 72.6 Å². The van der Waals surface area contributed by atoms with Crippen molar-refractivity contribution in [3.63, 3.8) is 0 Å². The highest BCUT2D eigenvalue weighted by atomic mass is 32.1. The van der Waals surface area contributed by atoms with Gasteiger partial charge in [0.25, 0.3) is 0 Å². The van der Waals surface area contributed by atoms with E-state index in [1.807, 2.05) is 60.7 Å². The van der Waals surface area contributed by atoms with Crippen LogP contribution in [0.5, 0.6) is 23.0 Å². The first-order valence-corrected chi connectivity index (χ1v) is 13.3. The number of ether oxygens (including phenoxy) is 4. The zero-order valence-electron chi connectivity index (χ0n) is 22.6. The van der Waals surface area contributed by atoms with E-state index in [9.17, 15) is 4.79 Å². The molecule has 0 aliphatic carbocycles. The van der Waals surface area contributed by atoms with Crippen molar-refractivity contribution in [2.24, 2.45) is 5.73 Å². The molecule has 0 bridgehead atoms. The molecule has 40 heavy (non-hydrogen) atoms. The van der Waals surface area contributed by atoms with E-state index in [1.165, 1.54) is 11.5 Å². The number of fused-ring (bicyclic) bond motifs is 1. The number of aromatic amines is 1. The van der Waals surface area contributed by atoms with Gasteiger partial charge >= 0.3 is 0 Å². The van der Waals surface area contributed by atoms with Gasteiger partial charge in [-0.15, -0.1) is 0 Å². The highest BCUT2D eigenvalue weighted by Gasteiger charge is 2.21. The fourth-order valence-corrected chi connectivity index (χ4v) is 5.39. The minimum Gasteiger partial charge on any atom is -0.495 e. The summed E-state index contributed by atoms with van der Waals surface area (Å²) in [6.07, 6.45) is 2.15. The smallest absolute Gasteiger partial charge is 0.241 e. The van der Waals surface area contributed by atoms with E-state index in [0.717, 1.165) is 38.2 Å². The number of carbonyl (C=O) groups excluding carboxylic acids is 1. The summed E-state index contributed by atoms with van der Waals surface area (Å²) in [5.74, 6) is 1.80. The summed E-state index contributed by atoms with van der Waals surface area (Å²) in [6, 6.07) is 18.5. The largest absolute Gasteiger partial charge is 0.495 e. The number of para-hydroxylation sites is 1. The van der Waals surface area contributed by atoms with Crippen molar-refractivity contribution in [1.29, 1.82) is 0 Å². The van der Waals surface area contributed by atoms with Crippen LogP contribution in [-0.2, 0) is 11.2 Å². The second kappa shape index (κ2) is 11.7. The number of anilines is 1. The van der Waals surface area contributed by atoms with Gasteiger partial charge in [-0.25, -0.2) is 0 Å². The predicted molar refractivity (Wildman–Crippen MR) is 158 cm³/mol. The summed E-state index contributed by atoms with van der Waals surface area (Å²) in [5, 5.41) is 4.03. The highest BCUT2D eigenvalue weighted by Crippen LogP contribution is 2.45. The highest BCUT2D eigenvalue weighted by molar-refractivity contribution is 7.10. The monoisotopic (exact) mass is 558 g/mol. The maximum atomic E-state index is 13.1.